The molecule has 4 aromatic rings. The standard InChI is InChI=1S/C45H50N6O8S/c52-27-38-34-13-16-50(25-29-11-14-46-15-12-29)43(34)35-24-31(7-8-37(35)48-38)30-3-1-4-32(23-30)47-42(54)28-59-20-19-57-17-18-58-21-22-60-40-6-2-5-33-36(40)26-51(45(33)56)39-9-10-41(53)49-44(39)55/h1-8,11-12,14-15,23-24,34,38-39,43,48,52H,9-10,13,16-22,25-28H2,(H,47,54)(H,49,53,55)/t34-,38-,39?,43-/m1/s1. The lowest BCUT2D eigenvalue weighted by atomic mass is 9.82. The second-order valence-corrected chi connectivity index (χ2v) is 16.5. The largest absolute Gasteiger partial charge is 0.394 e. The molecule has 0 bridgehead atoms. The first-order valence-corrected chi connectivity index (χ1v) is 21.5. The number of carbonyl (C=O) groups is 4. The van der Waals surface area contributed by atoms with Crippen LogP contribution in [0.15, 0.2) is 90.1 Å². The molecule has 3 aromatic carbocycles. The van der Waals surface area contributed by atoms with E-state index in [1.807, 2.05) is 48.8 Å². The van der Waals surface area contributed by atoms with Crippen LogP contribution in [-0.2, 0) is 41.7 Å². The van der Waals surface area contributed by atoms with Crippen molar-refractivity contribution >= 4 is 46.8 Å². The fourth-order valence-electron chi connectivity index (χ4n) is 8.72. The second-order valence-electron chi connectivity index (χ2n) is 15.4. The van der Waals surface area contributed by atoms with Gasteiger partial charge in [0.2, 0.25) is 17.7 Å². The average Bonchev–Trinajstić information content (AvgIpc) is 3.84. The number of aromatic nitrogens is 1. The number of ether oxygens (including phenoxy) is 3. The number of thioether (sulfide) groups is 1. The van der Waals surface area contributed by atoms with Crippen LogP contribution in [0.3, 0.4) is 0 Å². The van der Waals surface area contributed by atoms with Crippen LogP contribution >= 0.6 is 11.8 Å². The minimum atomic E-state index is -0.639. The fourth-order valence-corrected chi connectivity index (χ4v) is 9.66. The molecule has 15 heteroatoms. The Hall–Kier alpha value is -5.16. The van der Waals surface area contributed by atoms with Gasteiger partial charge in [0, 0.05) is 71.5 Å². The number of anilines is 2. The van der Waals surface area contributed by atoms with E-state index < -0.39 is 11.9 Å². The van der Waals surface area contributed by atoms with Crippen LogP contribution in [0.1, 0.15) is 52.4 Å². The van der Waals surface area contributed by atoms with Crippen LogP contribution in [0.2, 0.25) is 0 Å². The maximum Gasteiger partial charge on any atom is 0.255 e. The highest BCUT2D eigenvalue weighted by Gasteiger charge is 2.44. The monoisotopic (exact) mass is 834 g/mol. The number of imide groups is 1. The third kappa shape index (κ3) is 9.57. The second kappa shape index (κ2) is 19.5. The molecule has 314 valence electrons. The molecule has 2 saturated heterocycles. The predicted molar refractivity (Wildman–Crippen MR) is 226 cm³/mol. The summed E-state index contributed by atoms with van der Waals surface area (Å²) in [7, 11) is 0. The van der Waals surface area contributed by atoms with Crippen LogP contribution < -0.4 is 16.0 Å². The van der Waals surface area contributed by atoms with E-state index in [9.17, 15) is 24.3 Å². The van der Waals surface area contributed by atoms with Gasteiger partial charge in [-0.15, -0.1) is 11.8 Å². The third-order valence-electron chi connectivity index (χ3n) is 11.6. The third-order valence-corrected chi connectivity index (χ3v) is 12.7. The van der Waals surface area contributed by atoms with Crippen molar-refractivity contribution in [3.8, 4) is 11.1 Å². The zero-order chi connectivity index (χ0) is 41.4. The molecule has 4 N–H and O–H groups in total. The Kier molecular flexibility index (Phi) is 13.5. The maximum atomic E-state index is 13.1. The number of hydrogen-bond donors (Lipinski definition) is 4. The molecule has 0 radical (unpaired) electrons. The van der Waals surface area contributed by atoms with Crippen molar-refractivity contribution in [1.29, 1.82) is 0 Å². The molecular weight excluding hydrogens is 785 g/mol. The fraction of sp³-hybridized carbons (Fsp3) is 0.400. The molecule has 0 saturated carbocycles. The van der Waals surface area contributed by atoms with E-state index in [0.717, 1.165) is 46.8 Å². The number of hydrogen-bond acceptors (Lipinski definition) is 12. The summed E-state index contributed by atoms with van der Waals surface area (Å²) < 4.78 is 16.9. The Morgan fingerprint density at radius 3 is 2.50 bits per heavy atom. The van der Waals surface area contributed by atoms with Gasteiger partial charge in [-0.3, -0.25) is 34.4 Å². The van der Waals surface area contributed by atoms with Crippen molar-refractivity contribution in [3.05, 3.63) is 107 Å². The van der Waals surface area contributed by atoms with Gasteiger partial charge in [-0.05, 0) is 95.7 Å². The minimum Gasteiger partial charge on any atom is -0.394 e. The van der Waals surface area contributed by atoms with Gasteiger partial charge in [-0.2, -0.15) is 0 Å². The van der Waals surface area contributed by atoms with E-state index in [0.29, 0.717) is 62.3 Å². The average molecular weight is 835 g/mol. The summed E-state index contributed by atoms with van der Waals surface area (Å²) in [5.74, 6) is -0.193. The predicted octanol–water partition coefficient (Wildman–Crippen LogP) is 4.64. The highest BCUT2D eigenvalue weighted by Crippen LogP contribution is 2.48. The number of aliphatic hydroxyl groups is 1. The lowest BCUT2D eigenvalue weighted by molar-refractivity contribution is -0.137. The van der Waals surface area contributed by atoms with E-state index in [2.05, 4.69) is 56.2 Å². The van der Waals surface area contributed by atoms with Crippen LogP contribution in [0, 0.1) is 5.92 Å². The number of rotatable bonds is 18. The SMILES string of the molecule is O=C1CCC(N2Cc3c(SCCOCCOCCOCC(=O)Nc4cccc(-c5ccc6c(c5)[C@H]5[C@H](CCN5Cc5ccncc5)[C@@H](CO)N6)c4)cccc3C2=O)C(=O)N1. The molecular formula is C45H50N6O8S. The smallest absolute Gasteiger partial charge is 0.255 e. The van der Waals surface area contributed by atoms with Crippen molar-refractivity contribution in [3.63, 3.8) is 0 Å². The first kappa shape index (κ1) is 41.6. The van der Waals surface area contributed by atoms with Gasteiger partial charge in [0.1, 0.15) is 12.6 Å². The van der Waals surface area contributed by atoms with Crippen molar-refractivity contribution in [2.24, 2.45) is 5.92 Å². The molecule has 1 aromatic heterocycles. The quantitative estimate of drug-likeness (QED) is 0.0623. The van der Waals surface area contributed by atoms with E-state index in [4.69, 9.17) is 14.2 Å². The molecule has 14 nitrogen and oxygen atoms in total. The van der Waals surface area contributed by atoms with Gasteiger partial charge < -0.3 is 34.9 Å². The molecule has 60 heavy (non-hydrogen) atoms. The van der Waals surface area contributed by atoms with Crippen LogP contribution in [0.5, 0.6) is 0 Å². The highest BCUT2D eigenvalue weighted by molar-refractivity contribution is 7.99. The zero-order valence-corrected chi connectivity index (χ0v) is 34.2. The number of pyridine rings is 1. The Bertz CT molecular complexity index is 2190. The lowest BCUT2D eigenvalue weighted by Gasteiger charge is -2.39. The van der Waals surface area contributed by atoms with Gasteiger partial charge in [0.15, 0.2) is 0 Å². The Morgan fingerprint density at radius 1 is 0.900 bits per heavy atom. The topological polar surface area (TPSA) is 172 Å². The number of carbonyl (C=O) groups excluding carboxylic acids is 4. The molecule has 0 aliphatic carbocycles. The summed E-state index contributed by atoms with van der Waals surface area (Å²) in [6, 6.07) is 23.5. The van der Waals surface area contributed by atoms with E-state index >= 15 is 0 Å². The number of benzene rings is 3. The summed E-state index contributed by atoms with van der Waals surface area (Å²) in [6.45, 7) is 3.95. The molecule has 4 atom stereocenters. The number of aliphatic hydroxyl groups excluding tert-OH is 1. The minimum absolute atomic E-state index is 0.00113. The van der Waals surface area contributed by atoms with Gasteiger partial charge in [-0.25, -0.2) is 0 Å². The van der Waals surface area contributed by atoms with E-state index in [1.165, 1.54) is 11.1 Å². The molecule has 4 amide bonds. The van der Waals surface area contributed by atoms with E-state index in [1.54, 1.807) is 22.7 Å². The molecule has 2 fully saturated rings. The molecule has 4 aliphatic heterocycles. The van der Waals surface area contributed by atoms with Crippen molar-refractivity contribution in [2.45, 2.75) is 55.4 Å². The Labute approximate surface area is 353 Å². The van der Waals surface area contributed by atoms with Gasteiger partial charge in [0.05, 0.1) is 45.7 Å². The zero-order valence-electron chi connectivity index (χ0n) is 33.3. The van der Waals surface area contributed by atoms with Crippen LogP contribution in [0.4, 0.5) is 11.4 Å². The van der Waals surface area contributed by atoms with Gasteiger partial charge in [0.25, 0.3) is 5.91 Å². The summed E-state index contributed by atoms with van der Waals surface area (Å²) in [5.41, 5.74) is 7.70. The van der Waals surface area contributed by atoms with Crippen molar-refractivity contribution < 1.29 is 38.5 Å². The first-order valence-electron chi connectivity index (χ1n) is 20.5. The number of amides is 4. The van der Waals surface area contributed by atoms with Crippen molar-refractivity contribution in [2.75, 3.05) is 69.2 Å². The maximum absolute atomic E-state index is 13.1. The first-order chi connectivity index (χ1) is 29.4. The van der Waals surface area contributed by atoms with Gasteiger partial charge >= 0.3 is 0 Å². The number of piperidine rings is 1. The molecule has 4 aliphatic rings. The van der Waals surface area contributed by atoms with E-state index in [-0.39, 0.29) is 56.0 Å². The Morgan fingerprint density at radius 2 is 1.68 bits per heavy atom. The van der Waals surface area contributed by atoms with Gasteiger partial charge in [-0.1, -0.05) is 24.3 Å². The summed E-state index contributed by atoms with van der Waals surface area (Å²) >= 11 is 1.59. The summed E-state index contributed by atoms with van der Waals surface area (Å²) in [5, 5.41) is 19.1. The summed E-state index contributed by atoms with van der Waals surface area (Å²) in [4.78, 5) is 59.0. The van der Waals surface area contributed by atoms with Crippen LogP contribution in [0.25, 0.3) is 11.1 Å². The Balaban J connectivity index is 0.734. The normalized spacial score (nSPS) is 20.9. The number of nitrogens with one attached hydrogen (secondary N) is 3. The number of likely N-dealkylation sites (tertiary alicyclic amines) is 1. The molecule has 8 rings (SSSR count). The molecule has 1 unspecified atom stereocenters. The number of nitrogens with zero attached hydrogens (tertiary/aromatic N) is 3. The van der Waals surface area contributed by atoms with Crippen LogP contribution in [-0.4, -0.2) is 114 Å². The number of fused-ring (bicyclic) bond motifs is 4. The lowest BCUT2D eigenvalue weighted by Crippen LogP contribution is -2.52. The highest BCUT2D eigenvalue weighted by atomic mass is 32.2. The molecule has 0 spiro atoms. The van der Waals surface area contributed by atoms with Crippen molar-refractivity contribution in [1.82, 2.24) is 20.1 Å². The summed E-state index contributed by atoms with van der Waals surface area (Å²) in [6.07, 6.45) is 5.22. The molecule has 5 heterocycles.